The molecule has 0 radical (unpaired) electrons. The number of nitrogens with zero attached hydrogens (tertiary/aromatic N) is 1. The van der Waals surface area contributed by atoms with E-state index >= 15 is 0 Å². The Hall–Kier alpha value is -2.12. The molecule has 2 atom stereocenters. The number of ether oxygens (including phenoxy) is 2. The average Bonchev–Trinajstić information content (AvgIpc) is 3.28. The summed E-state index contributed by atoms with van der Waals surface area (Å²) in [4.78, 5) is 16.7. The van der Waals surface area contributed by atoms with Crippen molar-refractivity contribution < 1.29 is 14.3 Å². The number of anilines is 1. The van der Waals surface area contributed by atoms with Gasteiger partial charge in [0.15, 0.2) is 16.6 Å². The van der Waals surface area contributed by atoms with Crippen LogP contribution in [0.4, 0.5) is 5.13 Å². The Morgan fingerprint density at radius 3 is 3.04 bits per heavy atom. The average molecular weight is 345 g/mol. The van der Waals surface area contributed by atoms with Gasteiger partial charge >= 0.3 is 0 Å². The molecule has 2 heterocycles. The van der Waals surface area contributed by atoms with Crippen LogP contribution < -0.4 is 20.5 Å². The van der Waals surface area contributed by atoms with Crippen molar-refractivity contribution in [1.82, 2.24) is 4.98 Å². The lowest BCUT2D eigenvalue weighted by atomic mass is 10.00. The fourth-order valence-electron chi connectivity index (χ4n) is 3.25. The first-order valence-electron chi connectivity index (χ1n) is 8.10. The summed E-state index contributed by atoms with van der Waals surface area (Å²) < 4.78 is 10.7. The van der Waals surface area contributed by atoms with E-state index in [0.29, 0.717) is 17.5 Å². The Kier molecular flexibility index (Phi) is 4.12. The molecule has 1 fully saturated rings. The number of benzene rings is 1. The molecule has 1 aromatic heterocycles. The van der Waals surface area contributed by atoms with Crippen LogP contribution in [0, 0.1) is 5.92 Å². The molecule has 24 heavy (non-hydrogen) atoms. The van der Waals surface area contributed by atoms with Crippen LogP contribution >= 0.6 is 11.3 Å². The molecule has 6 nitrogen and oxygen atoms in total. The van der Waals surface area contributed by atoms with E-state index in [9.17, 15) is 4.79 Å². The Morgan fingerprint density at radius 2 is 2.21 bits per heavy atom. The summed E-state index contributed by atoms with van der Waals surface area (Å²) in [6.07, 6.45) is 3.64. The molecular formula is C17H19N3O3S. The largest absolute Gasteiger partial charge is 0.454 e. The molecule has 3 N–H and O–H groups in total. The predicted octanol–water partition coefficient (Wildman–Crippen LogP) is 2.99. The van der Waals surface area contributed by atoms with E-state index in [1.54, 1.807) is 0 Å². The monoisotopic (exact) mass is 345 g/mol. The molecular weight excluding hydrogens is 326 g/mol. The zero-order valence-electron chi connectivity index (χ0n) is 13.2. The minimum atomic E-state index is -0.0102. The van der Waals surface area contributed by atoms with Gasteiger partial charge < -0.3 is 20.5 Å². The molecule has 1 amide bonds. The second-order valence-corrected chi connectivity index (χ2v) is 7.07. The minimum absolute atomic E-state index is 0.0102. The lowest BCUT2D eigenvalue weighted by molar-refractivity contribution is -0.117. The number of carbonyl (C=O) groups is 1. The van der Waals surface area contributed by atoms with Gasteiger partial charge in [-0.15, -0.1) is 11.3 Å². The van der Waals surface area contributed by atoms with Crippen LogP contribution in [0.2, 0.25) is 0 Å². The number of nitrogens with two attached hydrogens (primary N) is 1. The minimum Gasteiger partial charge on any atom is -0.454 e. The number of aromatic nitrogens is 1. The van der Waals surface area contributed by atoms with Crippen LogP contribution in [0.25, 0.3) is 11.3 Å². The van der Waals surface area contributed by atoms with Gasteiger partial charge in [0, 0.05) is 23.4 Å². The fraction of sp³-hybridized carbons (Fsp3) is 0.412. The van der Waals surface area contributed by atoms with Gasteiger partial charge in [0.05, 0.1) is 5.69 Å². The maximum absolute atomic E-state index is 12.2. The molecule has 2 aliphatic rings. The zero-order chi connectivity index (χ0) is 16.5. The summed E-state index contributed by atoms with van der Waals surface area (Å²) in [5, 5.41) is 5.42. The van der Waals surface area contributed by atoms with Gasteiger partial charge in [-0.2, -0.15) is 0 Å². The second kappa shape index (κ2) is 6.41. The number of rotatable bonds is 4. The maximum Gasteiger partial charge on any atom is 0.231 e. The van der Waals surface area contributed by atoms with Gasteiger partial charge in [-0.1, -0.05) is 6.42 Å². The van der Waals surface area contributed by atoms with Gasteiger partial charge in [0.1, 0.15) is 0 Å². The molecule has 1 aliphatic heterocycles. The van der Waals surface area contributed by atoms with Crippen LogP contribution in [0.1, 0.15) is 25.7 Å². The number of hydrogen-bond acceptors (Lipinski definition) is 6. The van der Waals surface area contributed by atoms with Gasteiger partial charge in [-0.3, -0.25) is 4.79 Å². The molecule has 0 unspecified atom stereocenters. The Morgan fingerprint density at radius 1 is 1.33 bits per heavy atom. The number of thiazole rings is 1. The lowest BCUT2D eigenvalue weighted by Crippen LogP contribution is -2.28. The predicted molar refractivity (Wildman–Crippen MR) is 92.2 cm³/mol. The highest BCUT2D eigenvalue weighted by molar-refractivity contribution is 7.14. The highest BCUT2D eigenvalue weighted by Crippen LogP contribution is 2.36. The van der Waals surface area contributed by atoms with Crippen molar-refractivity contribution in [2.45, 2.75) is 31.7 Å². The SMILES string of the molecule is N[C@@H]1CCC[C@H]1CC(=O)Nc1nc(-c2ccc3c(c2)OCO3)cs1. The van der Waals surface area contributed by atoms with E-state index in [1.807, 2.05) is 23.6 Å². The first-order valence-corrected chi connectivity index (χ1v) is 8.98. The van der Waals surface area contributed by atoms with E-state index in [-0.39, 0.29) is 18.7 Å². The third kappa shape index (κ3) is 3.09. The molecule has 1 saturated carbocycles. The van der Waals surface area contributed by atoms with Gasteiger partial charge in [0.25, 0.3) is 0 Å². The molecule has 0 spiro atoms. The maximum atomic E-state index is 12.2. The Bertz CT molecular complexity index is 761. The van der Waals surface area contributed by atoms with Crippen molar-refractivity contribution in [2.24, 2.45) is 11.7 Å². The van der Waals surface area contributed by atoms with Crippen molar-refractivity contribution in [2.75, 3.05) is 12.1 Å². The highest BCUT2D eigenvalue weighted by Gasteiger charge is 2.26. The number of carbonyl (C=O) groups excluding carboxylic acids is 1. The van der Waals surface area contributed by atoms with Crippen molar-refractivity contribution in [3.05, 3.63) is 23.6 Å². The van der Waals surface area contributed by atoms with E-state index < -0.39 is 0 Å². The van der Waals surface area contributed by atoms with Crippen molar-refractivity contribution in [3.63, 3.8) is 0 Å². The second-order valence-electron chi connectivity index (χ2n) is 6.21. The number of nitrogens with one attached hydrogen (secondary N) is 1. The topological polar surface area (TPSA) is 86.5 Å². The Balaban J connectivity index is 1.42. The standard InChI is InChI=1S/C17H19N3O3S/c18-12-3-1-2-10(12)7-16(21)20-17-19-13(8-24-17)11-4-5-14-15(6-11)23-9-22-14/h4-6,8,10,12H,1-3,7,9,18H2,(H,19,20,21)/t10-,12+/m0/s1. The summed E-state index contributed by atoms with van der Waals surface area (Å²) >= 11 is 1.42. The third-order valence-corrected chi connectivity index (χ3v) is 5.34. The number of amides is 1. The molecule has 1 aliphatic carbocycles. The quantitative estimate of drug-likeness (QED) is 0.889. The number of hydrogen-bond donors (Lipinski definition) is 2. The summed E-state index contributed by atoms with van der Waals surface area (Å²) in [6, 6.07) is 5.86. The van der Waals surface area contributed by atoms with Crippen LogP contribution in [-0.4, -0.2) is 23.7 Å². The van der Waals surface area contributed by atoms with Crippen LogP contribution in [0.5, 0.6) is 11.5 Å². The molecule has 0 bridgehead atoms. The van der Waals surface area contributed by atoms with E-state index in [4.69, 9.17) is 15.2 Å². The summed E-state index contributed by atoms with van der Waals surface area (Å²) in [7, 11) is 0. The third-order valence-electron chi connectivity index (χ3n) is 4.58. The summed E-state index contributed by atoms with van der Waals surface area (Å²) in [5.74, 6) is 1.75. The molecule has 4 rings (SSSR count). The zero-order valence-corrected chi connectivity index (χ0v) is 14.0. The molecule has 2 aromatic rings. The van der Waals surface area contributed by atoms with Gasteiger partial charge in [0.2, 0.25) is 12.7 Å². The molecule has 7 heteroatoms. The van der Waals surface area contributed by atoms with Crippen LogP contribution in [0.3, 0.4) is 0 Å². The molecule has 1 aromatic carbocycles. The van der Waals surface area contributed by atoms with E-state index in [0.717, 1.165) is 42.0 Å². The first-order chi connectivity index (χ1) is 11.7. The fourth-order valence-corrected chi connectivity index (χ4v) is 3.98. The van der Waals surface area contributed by atoms with Crippen LogP contribution in [0.15, 0.2) is 23.6 Å². The highest BCUT2D eigenvalue weighted by atomic mass is 32.1. The molecule has 0 saturated heterocycles. The Labute approximate surface area is 144 Å². The van der Waals surface area contributed by atoms with Crippen molar-refractivity contribution in [3.8, 4) is 22.8 Å². The first kappa shape index (κ1) is 15.4. The summed E-state index contributed by atoms with van der Waals surface area (Å²) in [5.41, 5.74) is 7.78. The van der Waals surface area contributed by atoms with E-state index in [2.05, 4.69) is 10.3 Å². The number of fused-ring (bicyclic) bond motifs is 1. The molecule has 126 valence electrons. The lowest BCUT2D eigenvalue weighted by Gasteiger charge is -2.13. The van der Waals surface area contributed by atoms with Crippen molar-refractivity contribution in [1.29, 1.82) is 0 Å². The van der Waals surface area contributed by atoms with E-state index in [1.165, 1.54) is 11.3 Å². The van der Waals surface area contributed by atoms with Crippen LogP contribution in [-0.2, 0) is 4.79 Å². The summed E-state index contributed by atoms with van der Waals surface area (Å²) in [6.45, 7) is 0.250. The normalized spacial score (nSPS) is 21.9. The van der Waals surface area contributed by atoms with Gasteiger partial charge in [-0.05, 0) is 37.0 Å². The smallest absolute Gasteiger partial charge is 0.231 e. The van der Waals surface area contributed by atoms with Gasteiger partial charge in [-0.25, -0.2) is 4.98 Å². The van der Waals surface area contributed by atoms with Crippen molar-refractivity contribution >= 4 is 22.4 Å².